The van der Waals surface area contributed by atoms with Crippen LogP contribution in [0.1, 0.15) is 56.5 Å². The molecule has 0 aliphatic carbocycles. The Morgan fingerprint density at radius 1 is 1.07 bits per heavy atom. The number of imidazole rings is 1. The topological polar surface area (TPSA) is 137 Å². The van der Waals surface area contributed by atoms with E-state index in [9.17, 15) is 19.2 Å². The van der Waals surface area contributed by atoms with Crippen LogP contribution >= 0.6 is 11.3 Å². The highest BCUT2D eigenvalue weighted by molar-refractivity contribution is 7.07. The van der Waals surface area contributed by atoms with Crippen LogP contribution in [-0.2, 0) is 37.4 Å². The second-order valence-corrected chi connectivity index (χ2v) is 10.9. The number of rotatable bonds is 12. The minimum Gasteiger partial charge on any atom is -0.348 e. The number of carbonyl (C=O) groups is 4. The van der Waals surface area contributed by atoms with E-state index >= 15 is 0 Å². The van der Waals surface area contributed by atoms with Gasteiger partial charge in [0.05, 0.1) is 22.9 Å². The molecule has 2 unspecified atom stereocenters. The average molecular weight is 565 g/mol. The van der Waals surface area contributed by atoms with Crippen molar-refractivity contribution in [3.05, 3.63) is 70.7 Å². The van der Waals surface area contributed by atoms with Crippen LogP contribution in [0.3, 0.4) is 0 Å². The molecule has 40 heavy (non-hydrogen) atoms. The van der Waals surface area contributed by atoms with Crippen molar-refractivity contribution in [2.24, 2.45) is 0 Å². The van der Waals surface area contributed by atoms with Gasteiger partial charge in [-0.05, 0) is 24.8 Å². The minimum atomic E-state index is -0.887. The Labute approximate surface area is 238 Å². The fourth-order valence-electron chi connectivity index (χ4n) is 5.37. The maximum absolute atomic E-state index is 13.9. The zero-order valence-electron chi connectivity index (χ0n) is 22.9. The third kappa shape index (κ3) is 7.01. The maximum atomic E-state index is 13.9. The molecular weight excluding hydrogens is 528 g/mol. The first kappa shape index (κ1) is 29.1. The molecule has 0 spiro atoms. The van der Waals surface area contributed by atoms with Crippen molar-refractivity contribution in [3.63, 3.8) is 0 Å². The van der Waals surface area contributed by atoms with E-state index in [2.05, 4.69) is 25.6 Å². The zero-order chi connectivity index (χ0) is 28.5. The number of piperidine rings is 1. The summed E-state index contributed by atoms with van der Waals surface area (Å²) in [6.45, 7) is 4.14. The normalized spacial score (nSPS) is 16.1. The fourth-order valence-corrected chi connectivity index (χ4v) is 5.94. The van der Waals surface area contributed by atoms with Crippen molar-refractivity contribution in [3.8, 4) is 0 Å². The van der Waals surface area contributed by atoms with E-state index < -0.39 is 23.4 Å². The van der Waals surface area contributed by atoms with Crippen molar-refractivity contribution in [1.29, 1.82) is 0 Å². The molecule has 11 heteroatoms. The molecule has 212 valence electrons. The molecule has 1 aliphatic rings. The highest BCUT2D eigenvalue weighted by atomic mass is 32.1. The zero-order valence-corrected chi connectivity index (χ0v) is 23.7. The summed E-state index contributed by atoms with van der Waals surface area (Å²) in [5.41, 5.74) is 3.43. The summed E-state index contributed by atoms with van der Waals surface area (Å²) in [5.74, 6) is -0.842. The monoisotopic (exact) mass is 564 g/mol. The number of hydrogen-bond donors (Lipinski definition) is 3. The van der Waals surface area contributed by atoms with Gasteiger partial charge in [0.1, 0.15) is 17.9 Å². The predicted octanol–water partition coefficient (Wildman–Crippen LogP) is 2.57. The van der Waals surface area contributed by atoms with E-state index in [-0.39, 0.29) is 30.4 Å². The van der Waals surface area contributed by atoms with Crippen LogP contribution in [0.2, 0.25) is 0 Å². The number of likely N-dealkylation sites (tertiary alicyclic amines) is 1. The van der Waals surface area contributed by atoms with Gasteiger partial charge in [0, 0.05) is 56.5 Å². The van der Waals surface area contributed by atoms with E-state index in [4.69, 9.17) is 0 Å². The third-order valence-corrected chi connectivity index (χ3v) is 8.09. The number of ketones is 1. The molecule has 1 aliphatic heterocycles. The van der Waals surface area contributed by atoms with Crippen molar-refractivity contribution < 1.29 is 19.2 Å². The Hall–Kier alpha value is -3.86. The third-order valence-electron chi connectivity index (χ3n) is 7.45. The molecule has 1 fully saturated rings. The van der Waals surface area contributed by atoms with E-state index in [1.165, 1.54) is 24.6 Å². The molecular formula is C29H36N6O4S. The average Bonchev–Trinajstić information content (AvgIpc) is 3.67. The van der Waals surface area contributed by atoms with E-state index in [1.807, 2.05) is 42.6 Å². The summed E-state index contributed by atoms with van der Waals surface area (Å²) < 4.78 is 0. The Bertz CT molecular complexity index is 1270. The number of aromatic amines is 1. The summed E-state index contributed by atoms with van der Waals surface area (Å²) in [6.07, 6.45) is 5.82. The maximum Gasteiger partial charge on any atom is 0.245 e. The summed E-state index contributed by atoms with van der Waals surface area (Å²) in [4.78, 5) is 65.5. The van der Waals surface area contributed by atoms with Crippen LogP contribution in [0.5, 0.6) is 0 Å². The molecule has 0 bridgehead atoms. The minimum absolute atomic E-state index is 0.200. The van der Waals surface area contributed by atoms with Gasteiger partial charge in [-0.2, -0.15) is 0 Å². The van der Waals surface area contributed by atoms with Gasteiger partial charge in [0.2, 0.25) is 17.7 Å². The molecule has 2 atom stereocenters. The van der Waals surface area contributed by atoms with E-state index in [0.717, 1.165) is 12.0 Å². The molecule has 3 amide bonds. The lowest BCUT2D eigenvalue weighted by Gasteiger charge is -2.42. The van der Waals surface area contributed by atoms with Crippen LogP contribution in [0.4, 0.5) is 0 Å². The summed E-state index contributed by atoms with van der Waals surface area (Å²) >= 11 is 1.42. The fraction of sp³-hybridized carbons (Fsp3) is 0.448. The lowest BCUT2D eigenvalue weighted by molar-refractivity contribution is -0.140. The summed E-state index contributed by atoms with van der Waals surface area (Å²) in [7, 11) is 0. The molecule has 10 nitrogen and oxygen atoms in total. The largest absolute Gasteiger partial charge is 0.348 e. The number of nitrogens with zero attached hydrogens (tertiary/aromatic N) is 3. The Kier molecular flexibility index (Phi) is 9.81. The van der Waals surface area contributed by atoms with E-state index in [1.54, 1.807) is 16.6 Å². The number of carbonyl (C=O) groups excluding carboxylic acids is 4. The van der Waals surface area contributed by atoms with Crippen LogP contribution in [0.25, 0.3) is 0 Å². The van der Waals surface area contributed by atoms with Crippen molar-refractivity contribution >= 4 is 34.8 Å². The van der Waals surface area contributed by atoms with Gasteiger partial charge in [0.25, 0.3) is 0 Å². The predicted molar refractivity (Wildman–Crippen MR) is 151 cm³/mol. The molecule has 1 aromatic carbocycles. The van der Waals surface area contributed by atoms with Gasteiger partial charge in [-0.25, -0.2) is 9.97 Å². The first-order chi connectivity index (χ1) is 19.3. The SMILES string of the molecule is CCCC(=O)C1(c2ccccc2)CCN(C(=O)C(Cc2cscn2)NC(=O)C(Cc2cnc[nH]2)NC(C)=O)CC1. The summed E-state index contributed by atoms with van der Waals surface area (Å²) in [5, 5.41) is 7.41. The van der Waals surface area contributed by atoms with Gasteiger partial charge in [0.15, 0.2) is 0 Å². The van der Waals surface area contributed by atoms with E-state index in [0.29, 0.717) is 43.7 Å². The van der Waals surface area contributed by atoms with Crippen LogP contribution < -0.4 is 10.6 Å². The number of benzene rings is 1. The molecule has 1 saturated heterocycles. The Morgan fingerprint density at radius 3 is 2.42 bits per heavy atom. The van der Waals surface area contributed by atoms with Gasteiger partial charge in [-0.15, -0.1) is 11.3 Å². The first-order valence-electron chi connectivity index (χ1n) is 13.6. The number of amides is 3. The van der Waals surface area contributed by atoms with Crippen LogP contribution in [-0.4, -0.2) is 68.5 Å². The van der Waals surface area contributed by atoms with Gasteiger partial charge < -0.3 is 20.5 Å². The summed E-state index contributed by atoms with van der Waals surface area (Å²) in [6, 6.07) is 8.07. The Morgan fingerprint density at radius 2 is 1.82 bits per heavy atom. The van der Waals surface area contributed by atoms with Gasteiger partial charge in [-0.3, -0.25) is 19.2 Å². The standard InChI is InChI=1S/C29H36N6O4S/c1-3-7-26(37)29(21-8-5-4-6-9-21)10-12-35(13-11-29)28(39)25(15-23-17-40-19-32-23)34-27(38)24(33-20(2)36)14-22-16-30-18-31-22/h4-6,8-9,16-19,24-25H,3,7,10-15H2,1-2H3,(H,30,31)(H,33,36)(H,34,38). The van der Waals surface area contributed by atoms with Crippen molar-refractivity contribution in [2.45, 2.75) is 69.9 Å². The lowest BCUT2D eigenvalue weighted by Crippen LogP contribution is -2.57. The highest BCUT2D eigenvalue weighted by Gasteiger charge is 2.43. The molecule has 3 N–H and O–H groups in total. The highest BCUT2D eigenvalue weighted by Crippen LogP contribution is 2.38. The number of hydrogen-bond acceptors (Lipinski definition) is 7. The second kappa shape index (κ2) is 13.5. The quantitative estimate of drug-likeness (QED) is 0.309. The number of thiazole rings is 1. The molecule has 0 radical (unpaired) electrons. The number of Topliss-reactive ketones (excluding diaryl/α,β-unsaturated/α-hetero) is 1. The van der Waals surface area contributed by atoms with Crippen molar-refractivity contribution in [2.75, 3.05) is 13.1 Å². The molecule has 2 aromatic heterocycles. The van der Waals surface area contributed by atoms with Crippen LogP contribution in [0, 0.1) is 0 Å². The molecule has 4 rings (SSSR count). The smallest absolute Gasteiger partial charge is 0.245 e. The molecule has 3 heterocycles. The second-order valence-electron chi connectivity index (χ2n) is 10.2. The number of H-pyrrole nitrogens is 1. The molecule has 3 aromatic rings. The first-order valence-corrected chi connectivity index (χ1v) is 14.6. The number of nitrogens with one attached hydrogen (secondary N) is 3. The van der Waals surface area contributed by atoms with Gasteiger partial charge in [-0.1, -0.05) is 37.3 Å². The molecule has 0 saturated carbocycles. The van der Waals surface area contributed by atoms with Crippen molar-refractivity contribution in [1.82, 2.24) is 30.5 Å². The number of aromatic nitrogens is 3. The van der Waals surface area contributed by atoms with Gasteiger partial charge >= 0.3 is 0 Å². The Balaban J connectivity index is 1.51. The van der Waals surface area contributed by atoms with Crippen LogP contribution in [0.15, 0.2) is 53.7 Å². The lowest BCUT2D eigenvalue weighted by atomic mass is 9.68.